The first kappa shape index (κ1) is 11.6. The lowest BCUT2D eigenvalue weighted by molar-refractivity contribution is 0.520. The predicted molar refractivity (Wildman–Crippen MR) is 62.7 cm³/mol. The molecule has 0 heterocycles. The molecule has 0 spiro atoms. The van der Waals surface area contributed by atoms with Gasteiger partial charge in [-0.05, 0) is 36.1 Å². The van der Waals surface area contributed by atoms with Crippen LogP contribution in [0.1, 0.15) is 11.1 Å². The van der Waals surface area contributed by atoms with Crippen molar-refractivity contribution < 1.29 is 8.42 Å². The van der Waals surface area contributed by atoms with Crippen LogP contribution in [0.25, 0.3) is 0 Å². The van der Waals surface area contributed by atoms with Gasteiger partial charge in [0.05, 0.1) is 4.90 Å². The molecule has 5 heteroatoms. The zero-order valence-corrected chi connectivity index (χ0v) is 10.3. The molecule has 0 aromatic heterocycles. The van der Waals surface area contributed by atoms with Gasteiger partial charge in [-0.3, -0.25) is 0 Å². The van der Waals surface area contributed by atoms with Crippen molar-refractivity contribution in [3.63, 3.8) is 0 Å². The molecule has 16 heavy (non-hydrogen) atoms. The number of hydrogen-bond acceptors (Lipinski definition) is 3. The fourth-order valence-corrected chi connectivity index (χ4v) is 2.95. The number of nitrogens with zero attached hydrogens (tertiary/aromatic N) is 1. The maximum Gasteiger partial charge on any atom is 0.242 e. The molecule has 0 amide bonds. The highest BCUT2D eigenvalue weighted by molar-refractivity contribution is 7.89. The quantitative estimate of drug-likeness (QED) is 0.812. The van der Waals surface area contributed by atoms with Crippen molar-refractivity contribution in [1.82, 2.24) is 4.31 Å². The Labute approximate surface area is 96.1 Å². The number of sulfonamides is 1. The lowest BCUT2D eigenvalue weighted by Gasteiger charge is -2.12. The van der Waals surface area contributed by atoms with E-state index in [1.54, 1.807) is 12.1 Å². The highest BCUT2D eigenvalue weighted by Gasteiger charge is 2.22. The Morgan fingerprint density at radius 3 is 2.50 bits per heavy atom. The van der Waals surface area contributed by atoms with Crippen molar-refractivity contribution in [2.45, 2.75) is 23.8 Å². The van der Waals surface area contributed by atoms with E-state index in [0.717, 1.165) is 18.4 Å². The van der Waals surface area contributed by atoms with Crippen molar-refractivity contribution in [2.24, 2.45) is 5.73 Å². The molecule has 0 saturated heterocycles. The molecule has 1 atom stereocenters. The highest BCUT2D eigenvalue weighted by Crippen LogP contribution is 2.25. The summed E-state index contributed by atoms with van der Waals surface area (Å²) in [5, 5.41) is 0. The molecule has 88 valence electrons. The first-order valence-corrected chi connectivity index (χ1v) is 6.65. The van der Waals surface area contributed by atoms with E-state index in [-0.39, 0.29) is 6.04 Å². The first-order chi connectivity index (χ1) is 7.41. The summed E-state index contributed by atoms with van der Waals surface area (Å²) in [6.07, 6.45) is 1.61. The molecular formula is C11H16N2O2S. The Morgan fingerprint density at radius 2 is 1.88 bits per heavy atom. The van der Waals surface area contributed by atoms with E-state index < -0.39 is 10.0 Å². The highest BCUT2D eigenvalue weighted by atomic mass is 32.2. The largest absolute Gasteiger partial charge is 0.327 e. The lowest BCUT2D eigenvalue weighted by Crippen LogP contribution is -2.22. The molecule has 0 aliphatic heterocycles. The van der Waals surface area contributed by atoms with Gasteiger partial charge in [-0.25, -0.2) is 12.7 Å². The van der Waals surface area contributed by atoms with E-state index in [1.807, 2.05) is 6.07 Å². The van der Waals surface area contributed by atoms with Crippen molar-refractivity contribution in [3.05, 3.63) is 29.3 Å². The van der Waals surface area contributed by atoms with Gasteiger partial charge in [-0.1, -0.05) is 6.07 Å². The second kappa shape index (κ2) is 3.84. The minimum Gasteiger partial charge on any atom is -0.327 e. The molecule has 1 aliphatic carbocycles. The summed E-state index contributed by atoms with van der Waals surface area (Å²) in [6, 6.07) is 5.41. The molecule has 2 N–H and O–H groups in total. The van der Waals surface area contributed by atoms with Crippen LogP contribution in [0.2, 0.25) is 0 Å². The molecule has 1 aliphatic rings. The fourth-order valence-electron chi connectivity index (χ4n) is 2.00. The van der Waals surface area contributed by atoms with Crippen LogP contribution in [-0.4, -0.2) is 32.9 Å². The second-order valence-corrected chi connectivity index (χ2v) is 6.54. The minimum atomic E-state index is -3.32. The lowest BCUT2D eigenvalue weighted by atomic mass is 10.1. The third-order valence-corrected chi connectivity index (χ3v) is 4.73. The summed E-state index contributed by atoms with van der Waals surface area (Å²) in [4.78, 5) is 0.352. The van der Waals surface area contributed by atoms with Crippen LogP contribution >= 0.6 is 0 Å². The Hall–Kier alpha value is -0.910. The van der Waals surface area contributed by atoms with Crippen LogP contribution in [-0.2, 0) is 22.9 Å². The molecule has 0 fully saturated rings. The van der Waals surface area contributed by atoms with Gasteiger partial charge in [0.25, 0.3) is 0 Å². The van der Waals surface area contributed by atoms with E-state index in [2.05, 4.69) is 0 Å². The van der Waals surface area contributed by atoms with Gasteiger partial charge in [0, 0.05) is 20.1 Å². The second-order valence-electron chi connectivity index (χ2n) is 4.39. The van der Waals surface area contributed by atoms with Gasteiger partial charge in [-0.2, -0.15) is 0 Å². The van der Waals surface area contributed by atoms with Crippen molar-refractivity contribution >= 4 is 10.0 Å². The molecule has 0 radical (unpaired) electrons. The smallest absolute Gasteiger partial charge is 0.242 e. The Kier molecular flexibility index (Phi) is 2.77. The van der Waals surface area contributed by atoms with E-state index in [1.165, 1.54) is 24.0 Å². The van der Waals surface area contributed by atoms with Crippen LogP contribution in [0.15, 0.2) is 23.1 Å². The minimum absolute atomic E-state index is 0.132. The monoisotopic (exact) mass is 240 g/mol. The van der Waals surface area contributed by atoms with E-state index in [9.17, 15) is 8.42 Å². The zero-order chi connectivity index (χ0) is 11.9. The Morgan fingerprint density at radius 1 is 1.25 bits per heavy atom. The summed E-state index contributed by atoms with van der Waals surface area (Å²) in [5.74, 6) is 0. The fraction of sp³-hybridized carbons (Fsp3) is 0.455. The normalized spacial score (nSPS) is 20.1. The molecule has 0 unspecified atom stereocenters. The van der Waals surface area contributed by atoms with E-state index >= 15 is 0 Å². The van der Waals surface area contributed by atoms with Gasteiger partial charge >= 0.3 is 0 Å². The number of fused-ring (bicyclic) bond motifs is 1. The average molecular weight is 240 g/mol. The third kappa shape index (κ3) is 1.86. The number of nitrogens with two attached hydrogens (primary N) is 1. The Balaban J connectivity index is 2.44. The topological polar surface area (TPSA) is 63.4 Å². The SMILES string of the molecule is CN(C)S(=O)(=O)c1ccc2c(c1)C[C@H](N)C2. The molecular weight excluding hydrogens is 224 g/mol. The summed E-state index contributed by atoms with van der Waals surface area (Å²) in [7, 11) is -0.251. The van der Waals surface area contributed by atoms with Gasteiger partial charge in [0.1, 0.15) is 0 Å². The van der Waals surface area contributed by atoms with Gasteiger partial charge in [0.15, 0.2) is 0 Å². The average Bonchev–Trinajstić information content (AvgIpc) is 2.56. The maximum atomic E-state index is 11.9. The summed E-state index contributed by atoms with van der Waals surface area (Å²) in [6.45, 7) is 0. The number of hydrogen-bond donors (Lipinski definition) is 1. The Bertz CT molecular complexity index is 509. The molecule has 4 nitrogen and oxygen atoms in total. The molecule has 0 saturated carbocycles. The van der Waals surface area contributed by atoms with Crippen LogP contribution in [0, 0.1) is 0 Å². The van der Waals surface area contributed by atoms with Gasteiger partial charge in [0.2, 0.25) is 10.0 Å². The first-order valence-electron chi connectivity index (χ1n) is 5.21. The molecule has 0 bridgehead atoms. The van der Waals surface area contributed by atoms with Crippen LogP contribution in [0.4, 0.5) is 0 Å². The maximum absolute atomic E-state index is 11.9. The van der Waals surface area contributed by atoms with Crippen molar-refractivity contribution in [3.8, 4) is 0 Å². The number of rotatable bonds is 2. The van der Waals surface area contributed by atoms with Crippen molar-refractivity contribution in [2.75, 3.05) is 14.1 Å². The zero-order valence-electron chi connectivity index (χ0n) is 9.47. The van der Waals surface area contributed by atoms with Crippen LogP contribution in [0.3, 0.4) is 0 Å². The molecule has 2 rings (SSSR count). The summed E-state index contributed by atoms with van der Waals surface area (Å²) < 4.78 is 25.0. The summed E-state index contributed by atoms with van der Waals surface area (Å²) >= 11 is 0. The van der Waals surface area contributed by atoms with Gasteiger partial charge in [-0.15, -0.1) is 0 Å². The van der Waals surface area contributed by atoms with Crippen LogP contribution < -0.4 is 5.73 Å². The van der Waals surface area contributed by atoms with Crippen LogP contribution in [0.5, 0.6) is 0 Å². The predicted octanol–water partition coefficient (Wildman–Crippen LogP) is 0.363. The number of benzene rings is 1. The van der Waals surface area contributed by atoms with E-state index in [4.69, 9.17) is 5.73 Å². The van der Waals surface area contributed by atoms with Gasteiger partial charge < -0.3 is 5.73 Å². The molecule has 1 aromatic rings. The summed E-state index contributed by atoms with van der Waals surface area (Å²) in [5.41, 5.74) is 8.08. The van der Waals surface area contributed by atoms with E-state index in [0.29, 0.717) is 4.90 Å². The molecule has 1 aromatic carbocycles. The third-order valence-electron chi connectivity index (χ3n) is 2.92. The standard InChI is InChI=1S/C11H16N2O2S/c1-13(2)16(14,15)11-4-3-8-5-10(12)6-9(8)7-11/h3-4,7,10H,5-6,12H2,1-2H3/t10-/m1/s1. The van der Waals surface area contributed by atoms with Crippen molar-refractivity contribution in [1.29, 1.82) is 0 Å².